The van der Waals surface area contributed by atoms with E-state index in [1.165, 1.54) is 0 Å². The van der Waals surface area contributed by atoms with Crippen LogP contribution in [0.1, 0.15) is 34.1 Å². The summed E-state index contributed by atoms with van der Waals surface area (Å²) in [6.07, 6.45) is 5.90. The van der Waals surface area contributed by atoms with Crippen LogP contribution in [0.3, 0.4) is 0 Å². The van der Waals surface area contributed by atoms with Gasteiger partial charge in [-0.1, -0.05) is 11.8 Å². The maximum Gasteiger partial charge on any atom is 0.0564 e. The number of hydrogen-bond donors (Lipinski definition) is 0. The molecule has 0 aliphatic carbocycles. The van der Waals surface area contributed by atoms with Gasteiger partial charge in [-0.05, 0) is 27.7 Å². The Hall–Kier alpha value is -0.880. The van der Waals surface area contributed by atoms with E-state index < -0.39 is 0 Å². The van der Waals surface area contributed by atoms with Crippen molar-refractivity contribution in [1.29, 1.82) is 0 Å². The van der Waals surface area contributed by atoms with Crippen LogP contribution in [-0.4, -0.2) is 0 Å². The van der Waals surface area contributed by atoms with E-state index in [-0.39, 0.29) is 5.41 Å². The zero-order chi connectivity index (χ0) is 8.91. The van der Waals surface area contributed by atoms with Gasteiger partial charge in [0.25, 0.3) is 0 Å². The maximum absolute atomic E-state index is 5.17. The summed E-state index contributed by atoms with van der Waals surface area (Å²) in [5.41, 5.74) is 0.0921. The van der Waals surface area contributed by atoms with Crippen LogP contribution in [-0.2, 0) is 0 Å². The van der Waals surface area contributed by atoms with Crippen LogP contribution in [0.4, 0.5) is 0 Å². The molecule has 0 aromatic rings. The minimum atomic E-state index is 0.0921. The maximum atomic E-state index is 5.17. The summed E-state index contributed by atoms with van der Waals surface area (Å²) in [4.78, 5) is 0. The predicted molar refractivity (Wildman–Crippen MR) is 49.6 cm³/mol. The molecule has 0 aliphatic rings. The van der Waals surface area contributed by atoms with Gasteiger partial charge in [-0.2, -0.15) is 0 Å². The molecule has 0 saturated heterocycles. The third-order valence-corrected chi connectivity index (χ3v) is 1.06. The van der Waals surface area contributed by atoms with Crippen LogP contribution in [0.2, 0.25) is 0 Å². The predicted octanol–water partition coefficient (Wildman–Crippen LogP) is 2.65. The van der Waals surface area contributed by atoms with Crippen molar-refractivity contribution in [2.75, 3.05) is 0 Å². The van der Waals surface area contributed by atoms with Crippen molar-refractivity contribution in [3.63, 3.8) is 0 Å². The zero-order valence-corrected chi connectivity index (χ0v) is 7.78. The van der Waals surface area contributed by atoms with E-state index in [0.717, 1.165) is 12.3 Å². The minimum absolute atomic E-state index is 0.0921. The average Bonchev–Trinajstić information content (AvgIpc) is 1.85. The van der Waals surface area contributed by atoms with Crippen LogP contribution >= 0.6 is 0 Å². The minimum Gasteiger partial charge on any atom is -0.119 e. The molecule has 11 heavy (non-hydrogen) atoms. The zero-order valence-electron chi connectivity index (χ0n) is 7.78. The summed E-state index contributed by atoms with van der Waals surface area (Å²) >= 11 is 0. The molecule has 0 N–H and O–H groups in total. The van der Waals surface area contributed by atoms with Crippen LogP contribution in [0.5, 0.6) is 0 Å². The van der Waals surface area contributed by atoms with E-state index in [1.54, 1.807) is 0 Å². The van der Waals surface area contributed by atoms with Crippen molar-refractivity contribution >= 4 is 0 Å². The van der Waals surface area contributed by atoms with Gasteiger partial charge in [-0.25, -0.2) is 0 Å². The van der Waals surface area contributed by atoms with E-state index in [1.807, 2.05) is 6.92 Å². The lowest BCUT2D eigenvalue weighted by molar-refractivity contribution is 0.570. The smallest absolute Gasteiger partial charge is 0.0564 e. The summed E-state index contributed by atoms with van der Waals surface area (Å²) < 4.78 is 0. The third kappa shape index (κ3) is 7.01. The largest absolute Gasteiger partial charge is 0.119 e. The molecule has 0 aliphatic heterocycles. The Morgan fingerprint density at radius 2 is 1.91 bits per heavy atom. The summed E-state index contributed by atoms with van der Waals surface area (Å²) in [6, 6.07) is 0. The van der Waals surface area contributed by atoms with Gasteiger partial charge in [0.15, 0.2) is 0 Å². The standard InChI is InChI=1S/C11H15/c1-6-10(2)8-7-9-11(3,4)5/h1H,8H2,2-5H3. The van der Waals surface area contributed by atoms with Crippen molar-refractivity contribution in [2.45, 2.75) is 34.1 Å². The Morgan fingerprint density at radius 3 is 2.27 bits per heavy atom. The molecule has 0 heteroatoms. The lowest BCUT2D eigenvalue weighted by Crippen LogP contribution is -1.99. The van der Waals surface area contributed by atoms with E-state index in [4.69, 9.17) is 6.42 Å². The molecule has 0 heterocycles. The fourth-order valence-electron chi connectivity index (χ4n) is 0.493. The molecule has 0 spiro atoms. The quantitative estimate of drug-likeness (QED) is 0.500. The fourth-order valence-corrected chi connectivity index (χ4v) is 0.493. The summed E-state index contributed by atoms with van der Waals surface area (Å²) in [7, 11) is 0. The molecule has 0 saturated carbocycles. The Morgan fingerprint density at radius 1 is 1.36 bits per heavy atom. The molecule has 1 radical (unpaired) electrons. The molecule has 0 atom stereocenters. The van der Waals surface area contributed by atoms with Crippen molar-refractivity contribution in [1.82, 2.24) is 0 Å². The Kier molecular flexibility index (Phi) is 3.77. The monoisotopic (exact) mass is 147 g/mol. The van der Waals surface area contributed by atoms with Crippen LogP contribution in [0, 0.1) is 35.5 Å². The van der Waals surface area contributed by atoms with Crippen molar-refractivity contribution in [3.8, 4) is 24.2 Å². The van der Waals surface area contributed by atoms with Gasteiger partial charge in [0.1, 0.15) is 0 Å². The molecule has 59 valence electrons. The molecular formula is C11H15. The number of hydrogen-bond acceptors (Lipinski definition) is 0. The summed E-state index contributed by atoms with van der Waals surface area (Å²) in [5, 5.41) is 0. The van der Waals surface area contributed by atoms with Crippen molar-refractivity contribution < 1.29 is 0 Å². The molecule has 0 fully saturated rings. The lowest BCUT2D eigenvalue weighted by atomic mass is 9.97. The first kappa shape index (κ1) is 10.1. The molecule has 0 aromatic heterocycles. The van der Waals surface area contributed by atoms with E-state index in [9.17, 15) is 0 Å². The van der Waals surface area contributed by atoms with Gasteiger partial charge in [0.05, 0.1) is 5.92 Å². The first-order chi connectivity index (χ1) is 4.95. The number of terminal acetylenes is 1. The highest BCUT2D eigenvalue weighted by atomic mass is 14.1. The Labute approximate surface area is 70.4 Å². The van der Waals surface area contributed by atoms with Crippen molar-refractivity contribution in [3.05, 3.63) is 5.92 Å². The molecule has 0 aromatic carbocycles. The normalized spacial score (nSPS) is 10.2. The molecule has 0 unspecified atom stereocenters. The van der Waals surface area contributed by atoms with Gasteiger partial charge in [-0.3, -0.25) is 0 Å². The van der Waals surface area contributed by atoms with E-state index in [0.29, 0.717) is 0 Å². The second-order valence-electron chi connectivity index (χ2n) is 3.65. The Balaban J connectivity index is 3.85. The van der Waals surface area contributed by atoms with Crippen LogP contribution in [0.15, 0.2) is 0 Å². The number of rotatable bonds is 1. The molecule has 0 bridgehead atoms. The second kappa shape index (κ2) is 4.09. The Bertz CT molecular complexity index is 199. The topological polar surface area (TPSA) is 0 Å². The highest BCUT2D eigenvalue weighted by Crippen LogP contribution is 2.10. The lowest BCUT2D eigenvalue weighted by Gasteiger charge is -2.06. The summed E-state index contributed by atoms with van der Waals surface area (Å²) in [6.45, 7) is 8.19. The molecule has 0 nitrogen and oxygen atoms in total. The molecule has 0 rings (SSSR count). The van der Waals surface area contributed by atoms with Gasteiger partial charge in [0, 0.05) is 11.8 Å². The van der Waals surface area contributed by atoms with Crippen LogP contribution in [0.25, 0.3) is 0 Å². The van der Waals surface area contributed by atoms with E-state index >= 15 is 0 Å². The fraction of sp³-hybridized carbons (Fsp3) is 0.545. The van der Waals surface area contributed by atoms with Gasteiger partial charge >= 0.3 is 0 Å². The first-order valence-corrected chi connectivity index (χ1v) is 3.75. The van der Waals surface area contributed by atoms with E-state index in [2.05, 4.69) is 38.5 Å². The van der Waals surface area contributed by atoms with Crippen molar-refractivity contribution in [2.24, 2.45) is 5.41 Å². The highest BCUT2D eigenvalue weighted by Gasteiger charge is 2.03. The highest BCUT2D eigenvalue weighted by molar-refractivity contribution is 5.21. The second-order valence-corrected chi connectivity index (χ2v) is 3.65. The van der Waals surface area contributed by atoms with Gasteiger partial charge < -0.3 is 0 Å². The summed E-state index contributed by atoms with van der Waals surface area (Å²) in [5.74, 6) is 9.73. The molecule has 0 amide bonds. The molecular weight excluding hydrogens is 132 g/mol. The SMILES string of the molecule is C#C[C](C)CC#CC(C)(C)C. The average molecular weight is 147 g/mol. The first-order valence-electron chi connectivity index (χ1n) is 3.75. The third-order valence-electron chi connectivity index (χ3n) is 1.06. The van der Waals surface area contributed by atoms with Gasteiger partial charge in [-0.15, -0.1) is 12.3 Å². The van der Waals surface area contributed by atoms with Gasteiger partial charge in [0.2, 0.25) is 0 Å². The van der Waals surface area contributed by atoms with Crippen LogP contribution < -0.4 is 0 Å².